The summed E-state index contributed by atoms with van der Waals surface area (Å²) < 4.78 is 3.19. The summed E-state index contributed by atoms with van der Waals surface area (Å²) in [6.45, 7) is 0. The molecular formula is C16H14BrN3O3. The van der Waals surface area contributed by atoms with Crippen molar-refractivity contribution in [1.82, 2.24) is 14.1 Å². The van der Waals surface area contributed by atoms with Gasteiger partial charge in [0, 0.05) is 30.6 Å². The Morgan fingerprint density at radius 2 is 1.74 bits per heavy atom. The van der Waals surface area contributed by atoms with Crippen molar-refractivity contribution in [3.63, 3.8) is 0 Å². The SMILES string of the molecule is Cn1c(=O)c2cc(Cc3ccccc3Br)c(=O)[nH]c2n(C)c1=O. The number of nitrogens with one attached hydrogen (secondary N) is 1. The maximum absolute atomic E-state index is 12.3. The van der Waals surface area contributed by atoms with Gasteiger partial charge in [0.1, 0.15) is 5.65 Å². The minimum atomic E-state index is -0.475. The molecule has 0 radical (unpaired) electrons. The molecular weight excluding hydrogens is 362 g/mol. The zero-order valence-corrected chi connectivity index (χ0v) is 14.2. The van der Waals surface area contributed by atoms with Crippen LogP contribution in [0.25, 0.3) is 11.0 Å². The Morgan fingerprint density at radius 1 is 1.04 bits per heavy atom. The van der Waals surface area contributed by atoms with Crippen LogP contribution in [-0.2, 0) is 20.5 Å². The summed E-state index contributed by atoms with van der Waals surface area (Å²) in [6, 6.07) is 9.15. The Hall–Kier alpha value is -2.41. The molecule has 7 heteroatoms. The first kappa shape index (κ1) is 15.5. The van der Waals surface area contributed by atoms with Crippen molar-refractivity contribution in [1.29, 1.82) is 0 Å². The van der Waals surface area contributed by atoms with Gasteiger partial charge in [0.15, 0.2) is 0 Å². The standard InChI is InChI=1S/C16H14BrN3O3/c1-19-13-11(15(22)20(2)16(19)23)8-10(14(21)18-13)7-9-5-3-4-6-12(9)17/h3-6,8H,7H2,1-2H3,(H,18,21). The summed E-state index contributed by atoms with van der Waals surface area (Å²) >= 11 is 3.45. The van der Waals surface area contributed by atoms with Crippen LogP contribution in [0, 0.1) is 0 Å². The number of aromatic amines is 1. The van der Waals surface area contributed by atoms with Gasteiger partial charge in [0.2, 0.25) is 0 Å². The lowest BCUT2D eigenvalue weighted by Crippen LogP contribution is -2.38. The number of halogens is 1. The van der Waals surface area contributed by atoms with E-state index in [9.17, 15) is 14.4 Å². The number of hydrogen-bond acceptors (Lipinski definition) is 3. The predicted molar refractivity (Wildman–Crippen MR) is 92.0 cm³/mol. The molecule has 0 aliphatic heterocycles. The summed E-state index contributed by atoms with van der Waals surface area (Å²) in [7, 11) is 2.94. The van der Waals surface area contributed by atoms with E-state index in [1.807, 2.05) is 24.3 Å². The van der Waals surface area contributed by atoms with Crippen LogP contribution in [-0.4, -0.2) is 14.1 Å². The fourth-order valence-electron chi connectivity index (χ4n) is 2.56. The third kappa shape index (κ3) is 2.57. The molecule has 2 aromatic heterocycles. The van der Waals surface area contributed by atoms with Gasteiger partial charge in [-0.2, -0.15) is 0 Å². The lowest BCUT2D eigenvalue weighted by Gasteiger charge is -2.09. The second-order valence-electron chi connectivity index (χ2n) is 5.36. The van der Waals surface area contributed by atoms with Gasteiger partial charge in [0.05, 0.1) is 5.39 Å². The number of hydrogen-bond donors (Lipinski definition) is 1. The number of nitrogens with zero attached hydrogens (tertiary/aromatic N) is 2. The van der Waals surface area contributed by atoms with E-state index in [1.165, 1.54) is 18.7 Å². The van der Waals surface area contributed by atoms with E-state index >= 15 is 0 Å². The second-order valence-corrected chi connectivity index (χ2v) is 6.21. The topological polar surface area (TPSA) is 76.9 Å². The molecule has 0 saturated heterocycles. The van der Waals surface area contributed by atoms with E-state index in [0.717, 1.165) is 14.6 Å². The normalized spacial score (nSPS) is 11.1. The molecule has 23 heavy (non-hydrogen) atoms. The summed E-state index contributed by atoms with van der Waals surface area (Å²) in [5.41, 5.74) is 0.444. The molecule has 3 rings (SSSR count). The molecule has 118 valence electrons. The summed E-state index contributed by atoms with van der Waals surface area (Å²) in [5, 5.41) is 0.316. The highest BCUT2D eigenvalue weighted by Gasteiger charge is 2.13. The maximum atomic E-state index is 12.3. The molecule has 0 atom stereocenters. The molecule has 0 bridgehead atoms. The minimum Gasteiger partial charge on any atom is -0.307 e. The monoisotopic (exact) mass is 375 g/mol. The number of aromatic nitrogens is 3. The van der Waals surface area contributed by atoms with E-state index in [2.05, 4.69) is 20.9 Å². The van der Waals surface area contributed by atoms with Gasteiger partial charge in [0.25, 0.3) is 11.1 Å². The van der Waals surface area contributed by atoms with Crippen LogP contribution >= 0.6 is 15.9 Å². The summed E-state index contributed by atoms with van der Waals surface area (Å²) in [6.07, 6.45) is 0.388. The molecule has 0 saturated carbocycles. The van der Waals surface area contributed by atoms with Gasteiger partial charge in [-0.3, -0.25) is 18.7 Å². The van der Waals surface area contributed by atoms with Crippen LogP contribution in [0.2, 0.25) is 0 Å². The van der Waals surface area contributed by atoms with Crippen LogP contribution in [0.5, 0.6) is 0 Å². The number of benzene rings is 1. The Morgan fingerprint density at radius 3 is 2.43 bits per heavy atom. The minimum absolute atomic E-state index is 0.235. The number of rotatable bonds is 2. The van der Waals surface area contributed by atoms with Crippen molar-refractivity contribution in [2.45, 2.75) is 6.42 Å². The Balaban J connectivity index is 2.27. The van der Waals surface area contributed by atoms with Gasteiger partial charge >= 0.3 is 5.69 Å². The molecule has 1 N–H and O–H groups in total. The van der Waals surface area contributed by atoms with E-state index in [1.54, 1.807) is 6.07 Å². The Kier molecular flexibility index (Phi) is 3.81. The zero-order chi connectivity index (χ0) is 16.7. The average Bonchev–Trinajstić information content (AvgIpc) is 2.54. The molecule has 0 aliphatic rings. The Labute approximate surface area is 139 Å². The van der Waals surface area contributed by atoms with Gasteiger partial charge < -0.3 is 4.98 Å². The number of H-pyrrole nitrogens is 1. The summed E-state index contributed by atoms with van der Waals surface area (Å²) in [5.74, 6) is 0. The fraction of sp³-hybridized carbons (Fsp3) is 0.188. The van der Waals surface area contributed by atoms with Crippen LogP contribution in [0.4, 0.5) is 0 Å². The van der Waals surface area contributed by atoms with E-state index < -0.39 is 11.2 Å². The van der Waals surface area contributed by atoms with Crippen LogP contribution in [0.1, 0.15) is 11.1 Å². The lowest BCUT2D eigenvalue weighted by atomic mass is 10.1. The van der Waals surface area contributed by atoms with Crippen LogP contribution in [0.3, 0.4) is 0 Å². The number of pyridine rings is 1. The molecule has 2 heterocycles. The fourth-order valence-corrected chi connectivity index (χ4v) is 2.98. The first-order valence-corrected chi connectivity index (χ1v) is 7.75. The molecule has 0 unspecified atom stereocenters. The van der Waals surface area contributed by atoms with E-state index in [-0.39, 0.29) is 11.2 Å². The van der Waals surface area contributed by atoms with E-state index in [4.69, 9.17) is 0 Å². The summed E-state index contributed by atoms with van der Waals surface area (Å²) in [4.78, 5) is 39.2. The van der Waals surface area contributed by atoms with Gasteiger partial charge in [-0.25, -0.2) is 4.79 Å². The van der Waals surface area contributed by atoms with Crippen molar-refractivity contribution in [2.75, 3.05) is 0 Å². The third-order valence-electron chi connectivity index (χ3n) is 3.88. The first-order valence-electron chi connectivity index (χ1n) is 6.95. The quantitative estimate of drug-likeness (QED) is 0.732. The average molecular weight is 376 g/mol. The van der Waals surface area contributed by atoms with Crippen molar-refractivity contribution in [3.05, 3.63) is 77.1 Å². The molecule has 0 fully saturated rings. The first-order chi connectivity index (χ1) is 10.9. The molecule has 0 amide bonds. The van der Waals surface area contributed by atoms with Crippen molar-refractivity contribution in [2.24, 2.45) is 14.1 Å². The maximum Gasteiger partial charge on any atom is 0.332 e. The predicted octanol–water partition coefficient (Wildman–Crippen LogP) is 1.28. The zero-order valence-electron chi connectivity index (χ0n) is 12.6. The van der Waals surface area contributed by atoms with Crippen molar-refractivity contribution < 1.29 is 0 Å². The molecule has 3 aromatic rings. The third-order valence-corrected chi connectivity index (χ3v) is 4.65. The second kappa shape index (κ2) is 5.66. The smallest absolute Gasteiger partial charge is 0.307 e. The van der Waals surface area contributed by atoms with Crippen LogP contribution in [0.15, 0.2) is 49.2 Å². The largest absolute Gasteiger partial charge is 0.332 e. The van der Waals surface area contributed by atoms with Gasteiger partial charge in [-0.1, -0.05) is 34.1 Å². The van der Waals surface area contributed by atoms with Crippen molar-refractivity contribution >= 4 is 27.0 Å². The molecule has 0 spiro atoms. The highest BCUT2D eigenvalue weighted by atomic mass is 79.9. The molecule has 6 nitrogen and oxygen atoms in total. The van der Waals surface area contributed by atoms with Gasteiger partial charge in [-0.15, -0.1) is 0 Å². The van der Waals surface area contributed by atoms with E-state index in [0.29, 0.717) is 17.4 Å². The highest BCUT2D eigenvalue weighted by Crippen LogP contribution is 2.18. The molecule has 1 aromatic carbocycles. The lowest BCUT2D eigenvalue weighted by molar-refractivity contribution is 0.706. The molecule has 0 aliphatic carbocycles. The number of fused-ring (bicyclic) bond motifs is 1. The van der Waals surface area contributed by atoms with Crippen molar-refractivity contribution in [3.8, 4) is 0 Å². The Bertz CT molecular complexity index is 1090. The number of aryl methyl sites for hydroxylation is 1. The van der Waals surface area contributed by atoms with Crippen LogP contribution < -0.4 is 16.8 Å². The highest BCUT2D eigenvalue weighted by molar-refractivity contribution is 9.10. The van der Waals surface area contributed by atoms with Gasteiger partial charge in [-0.05, 0) is 17.7 Å².